The van der Waals surface area contributed by atoms with Crippen molar-refractivity contribution in [2.24, 2.45) is 5.41 Å². The molecule has 4 nitrogen and oxygen atoms in total. The molecule has 1 unspecified atom stereocenters. The van der Waals surface area contributed by atoms with Crippen LogP contribution < -0.4 is 4.90 Å². The molecule has 0 aromatic heterocycles. The molecule has 2 heterocycles. The van der Waals surface area contributed by atoms with Crippen LogP contribution in [0, 0.1) is 5.41 Å². The molecule has 1 atom stereocenters. The van der Waals surface area contributed by atoms with Crippen molar-refractivity contribution in [1.82, 2.24) is 0 Å². The van der Waals surface area contributed by atoms with Crippen molar-refractivity contribution >= 4 is 29.1 Å². The van der Waals surface area contributed by atoms with Crippen LogP contribution in [0.15, 0.2) is 18.2 Å². The second kappa shape index (κ2) is 3.18. The highest BCUT2D eigenvalue weighted by Gasteiger charge is 2.89. The van der Waals surface area contributed by atoms with E-state index in [0.29, 0.717) is 16.3 Å². The van der Waals surface area contributed by atoms with Gasteiger partial charge in [-0.3, -0.25) is 9.59 Å². The molecule has 0 N–H and O–H groups in total. The first-order chi connectivity index (χ1) is 9.99. The molecule has 1 aromatic rings. The van der Waals surface area contributed by atoms with Gasteiger partial charge in [0.15, 0.2) is 5.60 Å². The normalized spacial score (nSPS) is 32.5. The fourth-order valence-corrected chi connectivity index (χ4v) is 4.96. The first-order valence-electron chi connectivity index (χ1n) is 7.33. The molecular formula is C16H14ClNO3. The first kappa shape index (κ1) is 12.2. The Morgan fingerprint density at radius 1 is 1.29 bits per heavy atom. The second-order valence-electron chi connectivity index (χ2n) is 6.65. The lowest BCUT2D eigenvalue weighted by Gasteiger charge is -2.54. The molecule has 2 saturated carbocycles. The van der Waals surface area contributed by atoms with Crippen molar-refractivity contribution in [3.05, 3.63) is 28.8 Å². The van der Waals surface area contributed by atoms with Crippen molar-refractivity contribution in [3.63, 3.8) is 0 Å². The predicted octanol–water partition coefficient (Wildman–Crippen LogP) is 2.77. The quantitative estimate of drug-likeness (QED) is 0.740. The highest BCUT2D eigenvalue weighted by Crippen LogP contribution is 2.84. The minimum Gasteiger partial charge on any atom is -0.352 e. The number of halogens is 1. The lowest BCUT2D eigenvalue weighted by molar-refractivity contribution is -0.284. The van der Waals surface area contributed by atoms with Crippen LogP contribution in [-0.2, 0) is 19.9 Å². The van der Waals surface area contributed by atoms with Gasteiger partial charge in [0.05, 0.1) is 11.3 Å². The number of amides is 2. The maximum absolute atomic E-state index is 13.1. The Hall–Kier alpha value is -1.39. The zero-order valence-corrected chi connectivity index (χ0v) is 12.4. The van der Waals surface area contributed by atoms with Crippen LogP contribution >= 0.6 is 11.6 Å². The van der Waals surface area contributed by atoms with Gasteiger partial charge >= 0.3 is 0 Å². The summed E-state index contributed by atoms with van der Waals surface area (Å²) < 4.78 is 6.24. The zero-order chi connectivity index (χ0) is 14.6. The summed E-state index contributed by atoms with van der Waals surface area (Å²) in [5, 5.41) is 0.520. The van der Waals surface area contributed by atoms with Crippen LogP contribution in [0.2, 0.25) is 5.02 Å². The summed E-state index contributed by atoms with van der Waals surface area (Å²) in [5.74, 6) is -0.523. The molecule has 1 saturated heterocycles. The van der Waals surface area contributed by atoms with Crippen LogP contribution in [0.5, 0.6) is 0 Å². The number of benzene rings is 1. The smallest absolute Gasteiger partial charge is 0.271 e. The molecule has 3 fully saturated rings. The minimum absolute atomic E-state index is 0.119. The number of anilines is 1. The summed E-state index contributed by atoms with van der Waals surface area (Å²) in [6.45, 7) is 1.41. The Labute approximate surface area is 127 Å². The lowest BCUT2D eigenvalue weighted by Crippen LogP contribution is -2.66. The molecule has 5 rings (SSSR count). The predicted molar refractivity (Wildman–Crippen MR) is 76.0 cm³/mol. The summed E-state index contributed by atoms with van der Waals surface area (Å²) in [7, 11) is 0. The summed E-state index contributed by atoms with van der Waals surface area (Å²) in [6.07, 6.45) is 3.99. The number of nitrogens with zero attached hydrogens (tertiary/aromatic N) is 1. The number of imide groups is 1. The Balaban J connectivity index is 1.79. The van der Waals surface area contributed by atoms with Crippen molar-refractivity contribution in [1.29, 1.82) is 0 Å². The molecule has 1 aromatic carbocycles. The molecule has 0 bridgehead atoms. The van der Waals surface area contributed by atoms with E-state index < -0.39 is 5.60 Å². The maximum atomic E-state index is 13.1. The Bertz CT molecular complexity index is 735. The van der Waals surface area contributed by atoms with Gasteiger partial charge in [-0.25, -0.2) is 4.90 Å². The van der Waals surface area contributed by atoms with Gasteiger partial charge in [0, 0.05) is 22.9 Å². The van der Waals surface area contributed by atoms with Gasteiger partial charge in [-0.15, -0.1) is 0 Å². The molecule has 2 aliphatic carbocycles. The Morgan fingerprint density at radius 3 is 2.57 bits per heavy atom. The van der Waals surface area contributed by atoms with E-state index in [1.807, 2.05) is 0 Å². The number of carbonyl (C=O) groups excluding carboxylic acids is 2. The number of hydrogen-bond acceptors (Lipinski definition) is 3. The van der Waals surface area contributed by atoms with Gasteiger partial charge in [0.1, 0.15) is 0 Å². The van der Waals surface area contributed by atoms with Crippen molar-refractivity contribution in [2.45, 2.75) is 43.8 Å². The number of fused-ring (bicyclic) bond motifs is 4. The van der Waals surface area contributed by atoms with Crippen LogP contribution in [0.3, 0.4) is 0 Å². The largest absolute Gasteiger partial charge is 0.352 e. The average molecular weight is 304 g/mol. The van der Waals surface area contributed by atoms with E-state index >= 15 is 0 Å². The fraction of sp³-hybridized carbons (Fsp3) is 0.500. The third kappa shape index (κ3) is 1.03. The van der Waals surface area contributed by atoms with E-state index in [1.54, 1.807) is 18.2 Å². The maximum Gasteiger partial charge on any atom is 0.271 e. The molecule has 2 aliphatic heterocycles. The van der Waals surface area contributed by atoms with E-state index in [2.05, 4.69) is 0 Å². The van der Waals surface area contributed by atoms with Crippen LogP contribution in [0.1, 0.15) is 38.2 Å². The van der Waals surface area contributed by atoms with Crippen molar-refractivity contribution < 1.29 is 14.3 Å². The molecule has 0 radical (unpaired) electrons. The minimum atomic E-state index is -1.01. The number of rotatable bonds is 0. The average Bonchev–Trinajstić information content (AvgIpc) is 3.30. The van der Waals surface area contributed by atoms with E-state index in [4.69, 9.17) is 16.3 Å². The Morgan fingerprint density at radius 2 is 2.00 bits per heavy atom. The van der Waals surface area contributed by atoms with Gasteiger partial charge in [0.2, 0.25) is 5.91 Å². The first-order valence-corrected chi connectivity index (χ1v) is 7.71. The molecule has 3 spiro atoms. The fourth-order valence-electron chi connectivity index (χ4n) is 4.66. The van der Waals surface area contributed by atoms with Crippen LogP contribution in [0.4, 0.5) is 5.69 Å². The molecule has 21 heavy (non-hydrogen) atoms. The second-order valence-corrected chi connectivity index (χ2v) is 7.06. The topological polar surface area (TPSA) is 46.6 Å². The number of ether oxygens (including phenoxy) is 1. The van der Waals surface area contributed by atoms with Crippen molar-refractivity contribution in [3.8, 4) is 0 Å². The lowest BCUT2D eigenvalue weighted by atomic mass is 9.68. The SMILES string of the molecule is CC(=O)N1C(=O)C2(OC3(CC3)C23CC3)c2c(Cl)cccc21. The summed E-state index contributed by atoms with van der Waals surface area (Å²) >= 11 is 6.40. The standard InChI is InChI=1S/C16H14ClNO3/c1-9(19)18-11-4-2-3-10(17)12(11)16(13(18)20)14(5-6-14)15(21-16)7-8-15/h2-4H,5-8H2,1H3. The van der Waals surface area contributed by atoms with Gasteiger partial charge in [-0.2, -0.15) is 0 Å². The molecule has 4 aliphatic rings. The summed E-state index contributed by atoms with van der Waals surface area (Å²) in [4.78, 5) is 26.3. The zero-order valence-electron chi connectivity index (χ0n) is 11.6. The molecule has 5 heteroatoms. The van der Waals surface area contributed by atoms with Gasteiger partial charge in [-0.1, -0.05) is 17.7 Å². The highest BCUT2D eigenvalue weighted by atomic mass is 35.5. The van der Waals surface area contributed by atoms with E-state index in [1.165, 1.54) is 11.8 Å². The van der Waals surface area contributed by atoms with Crippen LogP contribution in [0.25, 0.3) is 0 Å². The monoisotopic (exact) mass is 303 g/mol. The molecular weight excluding hydrogens is 290 g/mol. The third-order valence-electron chi connectivity index (χ3n) is 5.75. The van der Waals surface area contributed by atoms with E-state index in [-0.39, 0.29) is 22.8 Å². The molecule has 108 valence electrons. The molecule has 2 amide bonds. The Kier molecular flexibility index (Phi) is 1.84. The van der Waals surface area contributed by atoms with Crippen molar-refractivity contribution in [2.75, 3.05) is 4.90 Å². The van der Waals surface area contributed by atoms with Gasteiger partial charge in [0.25, 0.3) is 5.91 Å². The van der Waals surface area contributed by atoms with Gasteiger partial charge < -0.3 is 4.74 Å². The van der Waals surface area contributed by atoms with E-state index in [0.717, 1.165) is 25.7 Å². The van der Waals surface area contributed by atoms with Gasteiger partial charge in [-0.05, 0) is 37.8 Å². The van der Waals surface area contributed by atoms with E-state index in [9.17, 15) is 9.59 Å². The summed E-state index contributed by atoms with van der Waals surface area (Å²) in [5.41, 5.74) is 0.0548. The van der Waals surface area contributed by atoms with Crippen LogP contribution in [-0.4, -0.2) is 17.4 Å². The summed E-state index contributed by atoms with van der Waals surface area (Å²) in [6, 6.07) is 5.33. The third-order valence-corrected chi connectivity index (χ3v) is 6.07. The number of carbonyl (C=O) groups is 2. The number of hydrogen-bond donors (Lipinski definition) is 0. The highest BCUT2D eigenvalue weighted by molar-refractivity contribution is 6.34.